The number of fused-ring (bicyclic) bond motifs is 3. The van der Waals surface area contributed by atoms with E-state index in [9.17, 15) is 0 Å². The highest BCUT2D eigenvalue weighted by atomic mass is 15.1. The van der Waals surface area contributed by atoms with E-state index in [-0.39, 0.29) is 0 Å². The number of benzene rings is 1. The monoisotopic (exact) mass is 215 g/mol. The Bertz CT molecular complexity index is 396. The summed E-state index contributed by atoms with van der Waals surface area (Å²) in [6.45, 7) is 4.85. The molecular weight excluding hydrogens is 194 g/mol. The minimum Gasteiger partial charge on any atom is -0.306 e. The quantitative estimate of drug-likeness (QED) is 0.643. The number of rotatable bonds is 0. The molecule has 1 saturated heterocycles. The highest BCUT2D eigenvalue weighted by Crippen LogP contribution is 2.42. The van der Waals surface area contributed by atoms with Crippen LogP contribution in [0.3, 0.4) is 0 Å². The molecule has 1 nitrogen and oxygen atoms in total. The van der Waals surface area contributed by atoms with Crippen LogP contribution in [0, 0.1) is 12.8 Å². The summed E-state index contributed by atoms with van der Waals surface area (Å²) in [4.78, 5) is 2.50. The third kappa shape index (κ3) is 1.58. The molecule has 2 atom stereocenters. The summed E-state index contributed by atoms with van der Waals surface area (Å²) in [6, 6.07) is 6.85. The third-order valence-electron chi connectivity index (χ3n) is 4.53. The van der Waals surface area contributed by atoms with Crippen molar-refractivity contribution in [3.05, 3.63) is 34.9 Å². The predicted molar refractivity (Wildman–Crippen MR) is 67.8 cm³/mol. The van der Waals surface area contributed by atoms with Crippen molar-refractivity contribution in [1.29, 1.82) is 0 Å². The van der Waals surface area contributed by atoms with Gasteiger partial charge in [0.15, 0.2) is 0 Å². The first-order valence-electron chi connectivity index (χ1n) is 6.52. The van der Waals surface area contributed by atoms with Gasteiger partial charge >= 0.3 is 0 Å². The van der Waals surface area contributed by atoms with Gasteiger partial charge in [0.1, 0.15) is 0 Å². The van der Waals surface area contributed by atoms with Gasteiger partial charge in [-0.25, -0.2) is 0 Å². The van der Waals surface area contributed by atoms with Gasteiger partial charge in [-0.3, -0.25) is 0 Å². The average molecular weight is 215 g/mol. The molecule has 0 aromatic heterocycles. The molecule has 1 heterocycles. The molecule has 1 aliphatic heterocycles. The number of aryl methyl sites for hydroxylation is 2. The molecule has 1 aliphatic carbocycles. The van der Waals surface area contributed by atoms with Crippen molar-refractivity contribution in [3.8, 4) is 0 Å². The van der Waals surface area contributed by atoms with Gasteiger partial charge in [-0.15, -0.1) is 0 Å². The molecule has 0 spiro atoms. The molecule has 0 bridgehead atoms. The van der Waals surface area contributed by atoms with Crippen molar-refractivity contribution in [2.24, 2.45) is 5.92 Å². The fourth-order valence-corrected chi connectivity index (χ4v) is 3.67. The van der Waals surface area contributed by atoms with Gasteiger partial charge in [-0.2, -0.15) is 0 Å². The number of nitrogens with zero attached hydrogens (tertiary/aromatic N) is 1. The van der Waals surface area contributed by atoms with E-state index >= 15 is 0 Å². The molecular formula is C15H21N. The maximum Gasteiger partial charge on any atom is 0.00501 e. The van der Waals surface area contributed by atoms with Gasteiger partial charge in [0.2, 0.25) is 0 Å². The summed E-state index contributed by atoms with van der Waals surface area (Å²) in [7, 11) is 2.27. The molecule has 16 heavy (non-hydrogen) atoms. The largest absolute Gasteiger partial charge is 0.306 e. The first kappa shape index (κ1) is 10.3. The van der Waals surface area contributed by atoms with Crippen molar-refractivity contribution in [2.45, 2.75) is 32.1 Å². The molecule has 0 radical (unpaired) electrons. The lowest BCUT2D eigenvalue weighted by Gasteiger charge is -2.41. The summed E-state index contributed by atoms with van der Waals surface area (Å²) >= 11 is 0. The second kappa shape index (κ2) is 3.89. The van der Waals surface area contributed by atoms with Crippen LogP contribution in [0.15, 0.2) is 18.2 Å². The summed E-state index contributed by atoms with van der Waals surface area (Å²) < 4.78 is 0. The Morgan fingerprint density at radius 1 is 1.25 bits per heavy atom. The van der Waals surface area contributed by atoms with Gasteiger partial charge in [0.05, 0.1) is 0 Å². The smallest absolute Gasteiger partial charge is 0.00501 e. The first-order chi connectivity index (χ1) is 7.75. The summed E-state index contributed by atoms with van der Waals surface area (Å²) in [5.41, 5.74) is 4.82. The molecule has 1 heteroatoms. The molecule has 1 aromatic carbocycles. The normalized spacial score (nSPS) is 29.6. The Morgan fingerprint density at radius 2 is 2.12 bits per heavy atom. The minimum absolute atomic E-state index is 0.809. The van der Waals surface area contributed by atoms with Crippen LogP contribution in [0.1, 0.15) is 35.4 Å². The summed E-state index contributed by atoms with van der Waals surface area (Å²) in [5.74, 6) is 1.76. The lowest BCUT2D eigenvalue weighted by atomic mass is 9.70. The number of hydrogen-bond acceptors (Lipinski definition) is 1. The zero-order valence-electron chi connectivity index (χ0n) is 10.4. The molecule has 86 valence electrons. The zero-order chi connectivity index (χ0) is 11.1. The second-order valence-corrected chi connectivity index (χ2v) is 5.60. The lowest BCUT2D eigenvalue weighted by Crippen LogP contribution is -2.39. The highest BCUT2D eigenvalue weighted by Gasteiger charge is 2.33. The van der Waals surface area contributed by atoms with Gasteiger partial charge in [0.25, 0.3) is 0 Å². The Hall–Kier alpha value is -0.820. The van der Waals surface area contributed by atoms with Crippen LogP contribution < -0.4 is 0 Å². The van der Waals surface area contributed by atoms with E-state index < -0.39 is 0 Å². The van der Waals surface area contributed by atoms with Crippen LogP contribution in [0.4, 0.5) is 0 Å². The topological polar surface area (TPSA) is 3.24 Å². The lowest BCUT2D eigenvalue weighted by molar-refractivity contribution is 0.173. The molecule has 1 aromatic rings. The van der Waals surface area contributed by atoms with Crippen LogP contribution >= 0.6 is 0 Å². The molecule has 3 rings (SSSR count). The van der Waals surface area contributed by atoms with Gasteiger partial charge in [-0.1, -0.05) is 18.2 Å². The van der Waals surface area contributed by atoms with Crippen LogP contribution in [0.2, 0.25) is 0 Å². The van der Waals surface area contributed by atoms with E-state index in [0.717, 1.165) is 11.8 Å². The van der Waals surface area contributed by atoms with E-state index in [1.165, 1.54) is 37.9 Å². The van der Waals surface area contributed by atoms with Crippen LogP contribution in [0.25, 0.3) is 0 Å². The number of hydrogen-bond donors (Lipinski definition) is 0. The molecule has 2 aliphatic rings. The standard InChI is InChI=1S/C15H21N/c1-11-4-3-5-13-7-6-12-8-9-16(2)10-14(12)15(11)13/h3-5,12,14H,6-10H2,1-2H3/t12-,14+/m0/s1. The fraction of sp³-hybridized carbons (Fsp3) is 0.600. The highest BCUT2D eigenvalue weighted by molar-refractivity contribution is 5.40. The maximum absolute atomic E-state index is 2.50. The minimum atomic E-state index is 0.809. The van der Waals surface area contributed by atoms with Crippen LogP contribution in [0.5, 0.6) is 0 Å². The van der Waals surface area contributed by atoms with E-state index in [1.807, 2.05) is 0 Å². The number of likely N-dealkylation sites (tertiary alicyclic amines) is 1. The van der Waals surface area contributed by atoms with Crippen LogP contribution in [-0.2, 0) is 6.42 Å². The molecule has 1 fully saturated rings. The van der Waals surface area contributed by atoms with E-state index in [4.69, 9.17) is 0 Å². The first-order valence-corrected chi connectivity index (χ1v) is 6.52. The molecule has 0 unspecified atom stereocenters. The van der Waals surface area contributed by atoms with Crippen molar-refractivity contribution in [3.63, 3.8) is 0 Å². The Balaban J connectivity index is 2.02. The predicted octanol–water partition coefficient (Wildman–Crippen LogP) is 2.98. The van der Waals surface area contributed by atoms with Crippen LogP contribution in [-0.4, -0.2) is 25.0 Å². The average Bonchev–Trinajstić information content (AvgIpc) is 2.28. The summed E-state index contributed by atoms with van der Waals surface area (Å²) in [5, 5.41) is 0. The Kier molecular flexibility index (Phi) is 2.51. The van der Waals surface area contributed by atoms with Gasteiger partial charge in [-0.05, 0) is 62.4 Å². The van der Waals surface area contributed by atoms with Gasteiger partial charge < -0.3 is 4.90 Å². The fourth-order valence-electron chi connectivity index (χ4n) is 3.67. The molecule has 0 N–H and O–H groups in total. The zero-order valence-corrected chi connectivity index (χ0v) is 10.4. The maximum atomic E-state index is 2.50. The van der Waals surface area contributed by atoms with Crippen molar-refractivity contribution >= 4 is 0 Å². The Labute approximate surface area is 98.5 Å². The van der Waals surface area contributed by atoms with Crippen molar-refractivity contribution < 1.29 is 0 Å². The second-order valence-electron chi connectivity index (χ2n) is 5.60. The molecule has 0 saturated carbocycles. The van der Waals surface area contributed by atoms with E-state index in [2.05, 4.69) is 37.1 Å². The summed E-state index contributed by atoms with van der Waals surface area (Å²) in [6.07, 6.45) is 4.12. The molecule has 0 amide bonds. The van der Waals surface area contributed by atoms with Gasteiger partial charge in [0, 0.05) is 12.5 Å². The van der Waals surface area contributed by atoms with E-state index in [0.29, 0.717) is 0 Å². The SMILES string of the molecule is Cc1cccc2c1[C@@H]1CN(C)CC[C@@H]1CC2. The van der Waals surface area contributed by atoms with Crippen molar-refractivity contribution in [2.75, 3.05) is 20.1 Å². The van der Waals surface area contributed by atoms with Crippen molar-refractivity contribution in [1.82, 2.24) is 4.90 Å². The Morgan fingerprint density at radius 3 is 3.00 bits per heavy atom. The number of likely N-dealkylation sites (N-methyl/N-ethyl adjacent to an activating group) is 1. The third-order valence-corrected chi connectivity index (χ3v) is 4.53. The van der Waals surface area contributed by atoms with E-state index in [1.54, 1.807) is 11.1 Å². The number of piperidine rings is 1.